The average Bonchev–Trinajstić information content (AvgIpc) is 2.93. The molecule has 0 aromatic heterocycles. The maximum Gasteiger partial charge on any atom is 0.306 e. The minimum atomic E-state index is -0.786. The molecule has 1 fully saturated rings. The van der Waals surface area contributed by atoms with Crippen LogP contribution >= 0.6 is 0 Å². The number of non-ortho nitro benzene ring substituents is 1. The number of hydrogen-bond acceptors (Lipinski definition) is 7. The predicted molar refractivity (Wildman–Crippen MR) is 141 cm³/mol. The number of carbonyl (C=O) groups is 2. The summed E-state index contributed by atoms with van der Waals surface area (Å²) < 4.78 is 12.1. The molecule has 1 aliphatic heterocycles. The van der Waals surface area contributed by atoms with Gasteiger partial charge < -0.3 is 25.2 Å². The van der Waals surface area contributed by atoms with E-state index < -0.39 is 23.1 Å². The van der Waals surface area contributed by atoms with Crippen molar-refractivity contribution >= 4 is 23.3 Å². The Morgan fingerprint density at radius 1 is 1.16 bits per heavy atom. The molecule has 0 bridgehead atoms. The first-order valence-corrected chi connectivity index (χ1v) is 13.3. The van der Waals surface area contributed by atoms with E-state index >= 15 is 0 Å². The topological polar surface area (TPSA) is 140 Å². The van der Waals surface area contributed by atoms with E-state index in [0.717, 1.165) is 30.6 Å². The standard InChI is InChI=1S/C28H35N3O7/c1-2-3-6-19(28-37-17-20-7-4-5-8-25(20)38-28)16-29-26(32)23-15-22(31(35)36)13-14-24(23)30-21-11-9-18(10-12-21)27(33)34/h4-5,7-8,13-15,18-19,21,28,30H,2-3,6,9-12,16-17H2,1H3,(H,29,32)(H,33,34). The molecule has 0 saturated heterocycles. The third-order valence-corrected chi connectivity index (χ3v) is 7.35. The van der Waals surface area contributed by atoms with Gasteiger partial charge >= 0.3 is 5.97 Å². The van der Waals surface area contributed by atoms with Gasteiger partial charge in [-0.1, -0.05) is 38.0 Å². The number of carbonyl (C=O) groups excluding carboxylic acids is 1. The fourth-order valence-corrected chi connectivity index (χ4v) is 5.09. The highest BCUT2D eigenvalue weighted by molar-refractivity contribution is 6.00. The molecule has 0 radical (unpaired) electrons. The second-order valence-electron chi connectivity index (χ2n) is 10.0. The van der Waals surface area contributed by atoms with Crippen LogP contribution in [-0.4, -0.2) is 40.8 Å². The Morgan fingerprint density at radius 3 is 2.63 bits per heavy atom. The largest absolute Gasteiger partial charge is 0.481 e. The van der Waals surface area contributed by atoms with Crippen LogP contribution < -0.4 is 15.4 Å². The molecule has 10 heteroatoms. The molecule has 2 aromatic rings. The van der Waals surface area contributed by atoms with Crippen LogP contribution in [0.25, 0.3) is 0 Å². The molecular formula is C28H35N3O7. The van der Waals surface area contributed by atoms with E-state index in [2.05, 4.69) is 17.6 Å². The van der Waals surface area contributed by atoms with Crippen LogP contribution in [0, 0.1) is 22.0 Å². The lowest BCUT2D eigenvalue weighted by molar-refractivity contribution is -0.384. The average molecular weight is 526 g/mol. The van der Waals surface area contributed by atoms with Crippen molar-refractivity contribution in [3.63, 3.8) is 0 Å². The number of nitro groups is 1. The van der Waals surface area contributed by atoms with Crippen molar-refractivity contribution in [3.05, 3.63) is 63.7 Å². The van der Waals surface area contributed by atoms with Gasteiger partial charge in [0.15, 0.2) is 0 Å². The van der Waals surface area contributed by atoms with Gasteiger partial charge in [0.25, 0.3) is 11.6 Å². The maximum absolute atomic E-state index is 13.3. The molecule has 4 rings (SSSR count). The van der Waals surface area contributed by atoms with Gasteiger partial charge in [-0.3, -0.25) is 19.7 Å². The van der Waals surface area contributed by atoms with Gasteiger partial charge in [0.2, 0.25) is 6.29 Å². The van der Waals surface area contributed by atoms with E-state index in [1.807, 2.05) is 24.3 Å². The van der Waals surface area contributed by atoms with Crippen molar-refractivity contribution in [1.29, 1.82) is 0 Å². The molecule has 1 aliphatic carbocycles. The summed E-state index contributed by atoms with van der Waals surface area (Å²) in [5.41, 5.74) is 1.49. The first-order chi connectivity index (χ1) is 18.4. The summed E-state index contributed by atoms with van der Waals surface area (Å²) in [6, 6.07) is 11.9. The SMILES string of the molecule is CCCCC(CNC(=O)c1cc([N+](=O)[O-])ccc1NC1CCC(C(=O)O)CC1)C1OCc2ccccc2O1. The first-order valence-electron chi connectivity index (χ1n) is 13.3. The highest BCUT2D eigenvalue weighted by Gasteiger charge is 2.30. The van der Waals surface area contributed by atoms with Gasteiger partial charge in [-0.05, 0) is 44.2 Å². The Bertz CT molecular complexity index is 1150. The number of aliphatic carboxylic acids is 1. The molecule has 1 amide bonds. The number of para-hydroxylation sites is 1. The second kappa shape index (κ2) is 12.7. The minimum Gasteiger partial charge on any atom is -0.481 e. The number of ether oxygens (including phenoxy) is 2. The minimum absolute atomic E-state index is 0.0139. The number of nitro benzene ring substituents is 1. The molecule has 1 saturated carbocycles. The van der Waals surface area contributed by atoms with Crippen molar-refractivity contribution in [3.8, 4) is 5.75 Å². The fourth-order valence-electron chi connectivity index (χ4n) is 5.09. The Labute approximate surface area is 221 Å². The predicted octanol–water partition coefficient (Wildman–Crippen LogP) is 5.12. The summed E-state index contributed by atoms with van der Waals surface area (Å²) in [5.74, 6) is -0.893. The van der Waals surface area contributed by atoms with Crippen LogP contribution in [0.5, 0.6) is 5.75 Å². The van der Waals surface area contributed by atoms with Crippen LogP contribution in [0.3, 0.4) is 0 Å². The van der Waals surface area contributed by atoms with E-state index in [-0.39, 0.29) is 35.7 Å². The van der Waals surface area contributed by atoms with Crippen molar-refractivity contribution in [1.82, 2.24) is 5.32 Å². The molecule has 2 unspecified atom stereocenters. The maximum atomic E-state index is 13.3. The number of amides is 1. The molecule has 204 valence electrons. The molecule has 0 spiro atoms. The lowest BCUT2D eigenvalue weighted by Gasteiger charge is -2.32. The van der Waals surface area contributed by atoms with E-state index in [1.54, 1.807) is 6.07 Å². The number of fused-ring (bicyclic) bond motifs is 1. The summed E-state index contributed by atoms with van der Waals surface area (Å²) in [6.45, 7) is 2.82. The monoisotopic (exact) mass is 525 g/mol. The number of nitrogens with one attached hydrogen (secondary N) is 2. The lowest BCUT2D eigenvalue weighted by Crippen LogP contribution is -2.41. The zero-order valence-electron chi connectivity index (χ0n) is 21.6. The molecule has 2 atom stereocenters. The summed E-state index contributed by atoms with van der Waals surface area (Å²) in [5, 5.41) is 27.0. The van der Waals surface area contributed by atoms with Crippen LogP contribution in [0.1, 0.15) is 67.8 Å². The van der Waals surface area contributed by atoms with E-state index in [0.29, 0.717) is 38.0 Å². The third-order valence-electron chi connectivity index (χ3n) is 7.35. The van der Waals surface area contributed by atoms with Gasteiger partial charge in [-0.2, -0.15) is 0 Å². The number of benzene rings is 2. The van der Waals surface area contributed by atoms with E-state index in [1.165, 1.54) is 12.1 Å². The number of nitrogens with zero attached hydrogens (tertiary/aromatic N) is 1. The van der Waals surface area contributed by atoms with Crippen molar-refractivity contribution in [2.45, 2.75) is 70.8 Å². The van der Waals surface area contributed by atoms with Crippen LogP contribution in [0.15, 0.2) is 42.5 Å². The van der Waals surface area contributed by atoms with E-state index in [4.69, 9.17) is 9.47 Å². The molecule has 2 aliphatic rings. The highest BCUT2D eigenvalue weighted by Crippen LogP contribution is 2.31. The number of unbranched alkanes of at least 4 members (excludes halogenated alkanes) is 1. The van der Waals surface area contributed by atoms with Crippen molar-refractivity contribution < 1.29 is 29.1 Å². The summed E-state index contributed by atoms with van der Waals surface area (Å²) in [4.78, 5) is 35.5. The number of carboxylic acids is 1. The van der Waals surface area contributed by atoms with Crippen molar-refractivity contribution in [2.24, 2.45) is 11.8 Å². The van der Waals surface area contributed by atoms with Crippen LogP contribution in [0.2, 0.25) is 0 Å². The van der Waals surface area contributed by atoms with Gasteiger partial charge in [0.05, 0.1) is 23.0 Å². The Hall–Kier alpha value is -3.66. The summed E-state index contributed by atoms with van der Waals surface area (Å²) >= 11 is 0. The molecule has 1 heterocycles. The molecular weight excluding hydrogens is 490 g/mol. The quantitative estimate of drug-likeness (QED) is 0.271. The number of anilines is 1. The van der Waals surface area contributed by atoms with Gasteiger partial charge in [-0.25, -0.2) is 0 Å². The normalized spacial score (nSPS) is 21.4. The molecule has 3 N–H and O–H groups in total. The molecule has 38 heavy (non-hydrogen) atoms. The second-order valence-corrected chi connectivity index (χ2v) is 10.0. The first kappa shape index (κ1) is 27.4. The molecule has 2 aromatic carbocycles. The number of hydrogen-bond donors (Lipinski definition) is 3. The Morgan fingerprint density at radius 2 is 1.92 bits per heavy atom. The number of rotatable bonds is 11. The number of carboxylic acid groups (broad SMARTS) is 1. The summed E-state index contributed by atoms with van der Waals surface area (Å²) in [7, 11) is 0. The van der Waals surface area contributed by atoms with Gasteiger partial charge in [0, 0.05) is 41.9 Å². The fraction of sp³-hybridized carbons (Fsp3) is 0.500. The summed E-state index contributed by atoms with van der Waals surface area (Å²) in [6.07, 6.45) is 4.58. The molecule has 10 nitrogen and oxygen atoms in total. The Kier molecular flexibility index (Phi) is 9.17. The van der Waals surface area contributed by atoms with Gasteiger partial charge in [-0.15, -0.1) is 0 Å². The van der Waals surface area contributed by atoms with Crippen molar-refractivity contribution in [2.75, 3.05) is 11.9 Å². The van der Waals surface area contributed by atoms with Gasteiger partial charge in [0.1, 0.15) is 5.75 Å². The smallest absolute Gasteiger partial charge is 0.306 e. The zero-order valence-corrected chi connectivity index (χ0v) is 21.6. The highest BCUT2D eigenvalue weighted by atomic mass is 16.7. The lowest BCUT2D eigenvalue weighted by atomic mass is 9.86. The zero-order chi connectivity index (χ0) is 27.1. The Balaban J connectivity index is 1.46. The van der Waals surface area contributed by atoms with E-state index in [9.17, 15) is 24.8 Å². The van der Waals surface area contributed by atoms with Crippen LogP contribution in [-0.2, 0) is 16.1 Å². The third kappa shape index (κ3) is 6.80. The van der Waals surface area contributed by atoms with Crippen LogP contribution in [0.4, 0.5) is 11.4 Å².